The van der Waals surface area contributed by atoms with Gasteiger partial charge in [0.15, 0.2) is 0 Å². The van der Waals surface area contributed by atoms with Crippen molar-refractivity contribution < 1.29 is 19.1 Å². The number of thioether (sulfide) groups is 1. The molecule has 10 heteroatoms. The normalized spacial score (nSPS) is 13.8. The molecule has 0 bridgehead atoms. The second kappa shape index (κ2) is 12.3. The average Bonchev–Trinajstić information content (AvgIpc) is 2.70. The molecule has 1 aromatic rings. The summed E-state index contributed by atoms with van der Waals surface area (Å²) in [6.45, 7) is 4.58. The quantitative estimate of drug-likeness (QED) is 0.611. The molecule has 2 rings (SSSR count). The Hall–Kier alpha value is -1.48. The molecule has 3 amide bonds. The molecule has 1 N–H and O–H groups in total. The molecular weight excluding hydrogens is 437 g/mol. The van der Waals surface area contributed by atoms with Crippen LogP contribution in [0.4, 0.5) is 5.69 Å². The van der Waals surface area contributed by atoms with Crippen LogP contribution in [0.25, 0.3) is 0 Å². The topological polar surface area (TPSA) is 79.0 Å². The molecule has 160 valence electrons. The third kappa shape index (κ3) is 8.04. The van der Waals surface area contributed by atoms with Gasteiger partial charge in [-0.3, -0.25) is 14.4 Å². The molecule has 7 nitrogen and oxygen atoms in total. The van der Waals surface area contributed by atoms with Crippen LogP contribution < -0.4 is 5.32 Å². The number of ether oxygens (including phenoxy) is 1. The van der Waals surface area contributed by atoms with Crippen LogP contribution in [-0.4, -0.2) is 78.4 Å². The van der Waals surface area contributed by atoms with Gasteiger partial charge in [0.1, 0.15) is 0 Å². The smallest absolute Gasteiger partial charge is 0.244 e. The Morgan fingerprint density at radius 3 is 2.59 bits per heavy atom. The van der Waals surface area contributed by atoms with E-state index >= 15 is 0 Å². The number of amides is 3. The minimum absolute atomic E-state index is 0.00302. The molecule has 1 aliphatic rings. The largest absolute Gasteiger partial charge is 0.378 e. The molecule has 0 saturated carbocycles. The summed E-state index contributed by atoms with van der Waals surface area (Å²) in [5.41, 5.74) is 0.440. The van der Waals surface area contributed by atoms with Gasteiger partial charge < -0.3 is 19.9 Å². The molecule has 1 aliphatic heterocycles. The summed E-state index contributed by atoms with van der Waals surface area (Å²) in [6, 6.07) is 4.78. The van der Waals surface area contributed by atoms with E-state index in [1.165, 1.54) is 22.7 Å². The number of carbonyl (C=O) groups is 3. The monoisotopic (exact) mass is 461 g/mol. The van der Waals surface area contributed by atoms with Crippen LogP contribution in [0.3, 0.4) is 0 Å². The third-order valence-electron chi connectivity index (χ3n) is 4.20. The molecule has 0 spiro atoms. The van der Waals surface area contributed by atoms with Crippen LogP contribution in [0, 0.1) is 0 Å². The lowest BCUT2D eigenvalue weighted by Crippen LogP contribution is -2.42. The molecule has 0 aliphatic carbocycles. The highest BCUT2D eigenvalue weighted by atomic mass is 35.5. The standard InChI is InChI=1S/C19H25Cl2N3O4S/c1-2-5-24(11-17(25)22-16-4-3-14(20)10-15(16)21)19(27)13-29-12-18(26)23-6-8-28-9-7-23/h3-4,10H,2,5-9,11-13H2,1H3,(H,22,25). The van der Waals surface area contributed by atoms with Gasteiger partial charge in [-0.25, -0.2) is 0 Å². The summed E-state index contributed by atoms with van der Waals surface area (Å²) >= 11 is 13.2. The van der Waals surface area contributed by atoms with Crippen molar-refractivity contribution in [3.05, 3.63) is 28.2 Å². The summed E-state index contributed by atoms with van der Waals surface area (Å²) < 4.78 is 5.23. The van der Waals surface area contributed by atoms with E-state index in [1.807, 2.05) is 6.92 Å². The number of nitrogens with zero attached hydrogens (tertiary/aromatic N) is 2. The maximum Gasteiger partial charge on any atom is 0.244 e. The van der Waals surface area contributed by atoms with Gasteiger partial charge in [-0.05, 0) is 24.6 Å². The average molecular weight is 462 g/mol. The van der Waals surface area contributed by atoms with E-state index in [-0.39, 0.29) is 35.8 Å². The van der Waals surface area contributed by atoms with Crippen molar-refractivity contribution in [3.63, 3.8) is 0 Å². The molecule has 1 fully saturated rings. The highest BCUT2D eigenvalue weighted by Gasteiger charge is 2.20. The van der Waals surface area contributed by atoms with Crippen molar-refractivity contribution >= 4 is 58.4 Å². The minimum atomic E-state index is -0.342. The Balaban J connectivity index is 1.81. The fourth-order valence-corrected chi connectivity index (χ4v) is 4.01. The van der Waals surface area contributed by atoms with E-state index < -0.39 is 0 Å². The van der Waals surface area contributed by atoms with E-state index in [0.29, 0.717) is 48.6 Å². The summed E-state index contributed by atoms with van der Waals surface area (Å²) in [5, 5.41) is 3.50. The predicted octanol–water partition coefficient (Wildman–Crippen LogP) is 2.76. The van der Waals surface area contributed by atoms with Crippen LogP contribution in [-0.2, 0) is 19.1 Å². The Morgan fingerprint density at radius 1 is 1.21 bits per heavy atom. The zero-order chi connectivity index (χ0) is 21.2. The van der Waals surface area contributed by atoms with Crippen molar-refractivity contribution in [1.82, 2.24) is 9.80 Å². The first-order valence-corrected chi connectivity index (χ1v) is 11.3. The summed E-state index contributed by atoms with van der Waals surface area (Å²) in [7, 11) is 0. The molecule has 0 unspecified atom stereocenters. The number of hydrogen-bond donors (Lipinski definition) is 1. The number of anilines is 1. The van der Waals surface area contributed by atoms with E-state index in [2.05, 4.69) is 5.32 Å². The van der Waals surface area contributed by atoms with Crippen LogP contribution in [0.1, 0.15) is 13.3 Å². The molecular formula is C19H25Cl2N3O4S. The number of morpholine rings is 1. The Morgan fingerprint density at radius 2 is 1.93 bits per heavy atom. The maximum absolute atomic E-state index is 12.5. The fraction of sp³-hybridized carbons (Fsp3) is 0.526. The van der Waals surface area contributed by atoms with Gasteiger partial charge in [0.2, 0.25) is 17.7 Å². The van der Waals surface area contributed by atoms with Crippen molar-refractivity contribution in [2.24, 2.45) is 0 Å². The summed E-state index contributed by atoms with van der Waals surface area (Å²) in [5.74, 6) is -0.138. The Bertz CT molecular complexity index is 729. The van der Waals surface area contributed by atoms with Crippen molar-refractivity contribution in [1.29, 1.82) is 0 Å². The summed E-state index contributed by atoms with van der Waals surface area (Å²) in [6.07, 6.45) is 0.720. The Kier molecular flexibility index (Phi) is 10.1. The van der Waals surface area contributed by atoms with Crippen molar-refractivity contribution in [2.45, 2.75) is 13.3 Å². The first kappa shape index (κ1) is 23.8. The minimum Gasteiger partial charge on any atom is -0.378 e. The van der Waals surface area contributed by atoms with Crippen LogP contribution in [0.5, 0.6) is 0 Å². The fourth-order valence-electron chi connectivity index (χ4n) is 2.74. The van der Waals surface area contributed by atoms with E-state index in [1.54, 1.807) is 17.0 Å². The molecule has 1 aromatic carbocycles. The molecule has 1 saturated heterocycles. The van der Waals surface area contributed by atoms with Crippen molar-refractivity contribution in [2.75, 3.05) is 56.2 Å². The number of benzene rings is 1. The van der Waals surface area contributed by atoms with Gasteiger partial charge >= 0.3 is 0 Å². The summed E-state index contributed by atoms with van der Waals surface area (Å²) in [4.78, 5) is 40.3. The highest BCUT2D eigenvalue weighted by Crippen LogP contribution is 2.25. The van der Waals surface area contributed by atoms with E-state index in [9.17, 15) is 14.4 Å². The van der Waals surface area contributed by atoms with Gasteiger partial charge in [-0.2, -0.15) is 0 Å². The molecule has 0 atom stereocenters. The zero-order valence-electron chi connectivity index (χ0n) is 16.3. The van der Waals surface area contributed by atoms with Gasteiger partial charge in [-0.15, -0.1) is 11.8 Å². The number of hydrogen-bond acceptors (Lipinski definition) is 5. The number of rotatable bonds is 9. The maximum atomic E-state index is 12.5. The highest BCUT2D eigenvalue weighted by molar-refractivity contribution is 8.00. The number of nitrogens with one attached hydrogen (secondary N) is 1. The van der Waals surface area contributed by atoms with Gasteiger partial charge in [0.25, 0.3) is 0 Å². The van der Waals surface area contributed by atoms with Crippen molar-refractivity contribution in [3.8, 4) is 0 Å². The van der Waals surface area contributed by atoms with Crippen LogP contribution in [0.15, 0.2) is 18.2 Å². The van der Waals surface area contributed by atoms with Crippen LogP contribution in [0.2, 0.25) is 10.0 Å². The zero-order valence-corrected chi connectivity index (χ0v) is 18.6. The first-order valence-electron chi connectivity index (χ1n) is 9.36. The first-order chi connectivity index (χ1) is 13.9. The second-order valence-electron chi connectivity index (χ2n) is 6.47. The number of carbonyl (C=O) groups excluding carboxylic acids is 3. The van der Waals surface area contributed by atoms with E-state index in [4.69, 9.17) is 27.9 Å². The lowest BCUT2D eigenvalue weighted by Gasteiger charge is -2.27. The SMILES string of the molecule is CCCN(CC(=O)Nc1ccc(Cl)cc1Cl)C(=O)CSCC(=O)N1CCOCC1. The second-order valence-corrected chi connectivity index (χ2v) is 8.30. The van der Waals surface area contributed by atoms with Crippen LogP contribution >= 0.6 is 35.0 Å². The Labute approximate surface area is 185 Å². The third-order valence-corrected chi connectivity index (χ3v) is 5.65. The van der Waals surface area contributed by atoms with Gasteiger partial charge in [0, 0.05) is 24.7 Å². The van der Waals surface area contributed by atoms with Gasteiger partial charge in [-0.1, -0.05) is 30.1 Å². The molecule has 29 heavy (non-hydrogen) atoms. The molecule has 0 aromatic heterocycles. The number of halogens is 2. The van der Waals surface area contributed by atoms with Gasteiger partial charge in [0.05, 0.1) is 42.0 Å². The van der Waals surface area contributed by atoms with E-state index in [0.717, 1.165) is 6.42 Å². The lowest BCUT2D eigenvalue weighted by molar-refractivity contribution is -0.132. The molecule has 0 radical (unpaired) electrons. The molecule has 1 heterocycles. The predicted molar refractivity (Wildman–Crippen MR) is 117 cm³/mol. The lowest BCUT2D eigenvalue weighted by atomic mass is 10.3.